The van der Waals surface area contributed by atoms with E-state index >= 15 is 0 Å². The lowest BCUT2D eigenvalue weighted by molar-refractivity contribution is 0.0787. The molecule has 3 heterocycles. The van der Waals surface area contributed by atoms with Gasteiger partial charge >= 0.3 is 0 Å². The number of likely N-dealkylation sites (tertiary alicyclic amines) is 1. The first-order chi connectivity index (χ1) is 12.7. The van der Waals surface area contributed by atoms with Crippen LogP contribution in [0.1, 0.15) is 28.3 Å². The molecule has 26 heavy (non-hydrogen) atoms. The third-order valence-corrected chi connectivity index (χ3v) is 6.17. The number of anilines is 1. The molecular formula is C19H23ClN4OS. The molecule has 1 amide bonds. The van der Waals surface area contributed by atoms with Crippen molar-refractivity contribution in [1.29, 1.82) is 0 Å². The average molecular weight is 391 g/mol. The minimum atomic E-state index is 0.0950. The molecule has 2 saturated heterocycles. The highest BCUT2D eigenvalue weighted by molar-refractivity contribution is 7.09. The second-order valence-corrected chi connectivity index (χ2v) is 8.24. The molecule has 2 aromatic rings. The monoisotopic (exact) mass is 390 g/mol. The number of piperazine rings is 1. The molecule has 0 aliphatic carbocycles. The van der Waals surface area contributed by atoms with Crippen LogP contribution in [-0.4, -0.2) is 60.0 Å². The maximum atomic E-state index is 12.4. The number of hydrogen-bond donors (Lipinski definition) is 0. The second-order valence-electron chi connectivity index (χ2n) is 6.87. The number of aromatic nitrogens is 1. The highest BCUT2D eigenvalue weighted by Crippen LogP contribution is 2.21. The summed E-state index contributed by atoms with van der Waals surface area (Å²) in [5.41, 5.74) is 1.84. The fourth-order valence-corrected chi connectivity index (χ4v) is 4.51. The lowest BCUT2D eigenvalue weighted by atomic mass is 10.2. The van der Waals surface area contributed by atoms with Crippen LogP contribution in [0, 0.1) is 0 Å². The van der Waals surface area contributed by atoms with Crippen LogP contribution in [0.2, 0.25) is 5.02 Å². The predicted octanol–water partition coefficient (Wildman–Crippen LogP) is 3.35. The van der Waals surface area contributed by atoms with Crippen LogP contribution in [-0.2, 0) is 6.54 Å². The van der Waals surface area contributed by atoms with E-state index in [9.17, 15) is 4.79 Å². The summed E-state index contributed by atoms with van der Waals surface area (Å²) in [6, 6.07) is 8.04. The maximum absolute atomic E-state index is 12.4. The standard InChI is InChI=1S/C19H23ClN4OS/c20-15-3-5-16(6-4-15)23-11-9-22(10-12-23)13-18-21-17(14-26-18)19(25)24-7-1-2-8-24/h3-6,14H,1-2,7-13H2. The number of carbonyl (C=O) groups is 1. The Morgan fingerprint density at radius 3 is 2.42 bits per heavy atom. The topological polar surface area (TPSA) is 39.7 Å². The highest BCUT2D eigenvalue weighted by atomic mass is 35.5. The van der Waals surface area contributed by atoms with Crippen LogP contribution < -0.4 is 4.90 Å². The molecule has 1 aromatic carbocycles. The molecule has 7 heteroatoms. The van der Waals surface area contributed by atoms with Gasteiger partial charge in [0, 0.05) is 55.4 Å². The average Bonchev–Trinajstić information content (AvgIpc) is 3.35. The van der Waals surface area contributed by atoms with Gasteiger partial charge in [-0.2, -0.15) is 0 Å². The van der Waals surface area contributed by atoms with Crippen molar-refractivity contribution in [2.24, 2.45) is 0 Å². The zero-order valence-corrected chi connectivity index (χ0v) is 16.3. The fourth-order valence-electron chi connectivity index (χ4n) is 3.57. The van der Waals surface area contributed by atoms with Crippen molar-refractivity contribution in [3.05, 3.63) is 45.4 Å². The first-order valence-corrected chi connectivity index (χ1v) is 10.4. The molecular weight excluding hydrogens is 368 g/mol. The van der Waals surface area contributed by atoms with Crippen molar-refractivity contribution in [2.45, 2.75) is 19.4 Å². The van der Waals surface area contributed by atoms with Crippen molar-refractivity contribution in [3.63, 3.8) is 0 Å². The van der Waals surface area contributed by atoms with Crippen molar-refractivity contribution in [2.75, 3.05) is 44.2 Å². The van der Waals surface area contributed by atoms with E-state index in [1.165, 1.54) is 5.69 Å². The molecule has 0 spiro atoms. The Morgan fingerprint density at radius 1 is 1.04 bits per heavy atom. The van der Waals surface area contributed by atoms with E-state index in [1.807, 2.05) is 22.4 Å². The van der Waals surface area contributed by atoms with Gasteiger partial charge in [0.1, 0.15) is 10.7 Å². The Morgan fingerprint density at radius 2 is 1.73 bits per heavy atom. The van der Waals surface area contributed by atoms with Gasteiger partial charge in [-0.15, -0.1) is 11.3 Å². The Kier molecular flexibility index (Phi) is 5.43. The molecule has 0 N–H and O–H groups in total. The van der Waals surface area contributed by atoms with Crippen LogP contribution in [0.5, 0.6) is 0 Å². The molecule has 5 nitrogen and oxygen atoms in total. The van der Waals surface area contributed by atoms with E-state index in [0.29, 0.717) is 5.69 Å². The number of amides is 1. The summed E-state index contributed by atoms with van der Waals surface area (Å²) in [4.78, 5) is 23.7. The summed E-state index contributed by atoms with van der Waals surface area (Å²) in [6.45, 7) is 6.55. The molecule has 2 aliphatic heterocycles. The quantitative estimate of drug-likeness (QED) is 0.802. The van der Waals surface area contributed by atoms with Crippen LogP contribution in [0.15, 0.2) is 29.6 Å². The Bertz CT molecular complexity index is 749. The highest BCUT2D eigenvalue weighted by Gasteiger charge is 2.23. The van der Waals surface area contributed by atoms with E-state index in [1.54, 1.807) is 11.3 Å². The van der Waals surface area contributed by atoms with Crippen LogP contribution >= 0.6 is 22.9 Å². The lowest BCUT2D eigenvalue weighted by Gasteiger charge is -2.35. The van der Waals surface area contributed by atoms with E-state index in [-0.39, 0.29) is 5.91 Å². The molecule has 0 atom stereocenters. The number of thiazole rings is 1. The van der Waals surface area contributed by atoms with Crippen LogP contribution in [0.4, 0.5) is 5.69 Å². The van der Waals surface area contributed by atoms with Crippen molar-refractivity contribution in [3.8, 4) is 0 Å². The molecule has 0 saturated carbocycles. The zero-order valence-electron chi connectivity index (χ0n) is 14.7. The van der Waals surface area contributed by atoms with Gasteiger partial charge < -0.3 is 9.80 Å². The van der Waals surface area contributed by atoms with Gasteiger partial charge in [-0.3, -0.25) is 9.69 Å². The van der Waals surface area contributed by atoms with Gasteiger partial charge in [0.05, 0.1) is 6.54 Å². The summed E-state index contributed by atoms with van der Waals surface area (Å²) in [6.07, 6.45) is 2.22. The normalized spacial score (nSPS) is 18.5. The molecule has 0 radical (unpaired) electrons. The van der Waals surface area contributed by atoms with Gasteiger partial charge in [0.2, 0.25) is 0 Å². The fraction of sp³-hybridized carbons (Fsp3) is 0.474. The molecule has 0 bridgehead atoms. The molecule has 2 aliphatic rings. The van der Waals surface area contributed by atoms with Gasteiger partial charge in [0.25, 0.3) is 5.91 Å². The lowest BCUT2D eigenvalue weighted by Crippen LogP contribution is -2.45. The summed E-state index contributed by atoms with van der Waals surface area (Å²) < 4.78 is 0. The summed E-state index contributed by atoms with van der Waals surface area (Å²) in [5, 5.41) is 3.72. The maximum Gasteiger partial charge on any atom is 0.273 e. The van der Waals surface area contributed by atoms with E-state index in [4.69, 9.17) is 11.6 Å². The number of nitrogens with zero attached hydrogens (tertiary/aromatic N) is 4. The molecule has 1 aromatic heterocycles. The summed E-state index contributed by atoms with van der Waals surface area (Å²) >= 11 is 7.57. The molecule has 2 fully saturated rings. The summed E-state index contributed by atoms with van der Waals surface area (Å²) in [7, 11) is 0. The second kappa shape index (κ2) is 7.94. The van der Waals surface area contributed by atoms with Crippen molar-refractivity contribution >= 4 is 34.5 Å². The number of benzene rings is 1. The Balaban J connectivity index is 1.30. The van der Waals surface area contributed by atoms with Crippen molar-refractivity contribution < 1.29 is 4.79 Å². The van der Waals surface area contributed by atoms with Gasteiger partial charge in [-0.05, 0) is 37.1 Å². The minimum absolute atomic E-state index is 0.0950. The zero-order chi connectivity index (χ0) is 17.9. The van der Waals surface area contributed by atoms with Crippen molar-refractivity contribution in [1.82, 2.24) is 14.8 Å². The molecule has 138 valence electrons. The van der Waals surface area contributed by atoms with E-state index in [0.717, 1.165) is 68.7 Å². The third kappa shape index (κ3) is 4.03. The van der Waals surface area contributed by atoms with E-state index < -0.39 is 0 Å². The molecule has 0 unspecified atom stereocenters. The largest absolute Gasteiger partial charge is 0.369 e. The van der Waals surface area contributed by atoms with Crippen LogP contribution in [0.3, 0.4) is 0 Å². The Hall–Kier alpha value is -1.63. The number of halogens is 1. The smallest absolute Gasteiger partial charge is 0.273 e. The number of rotatable bonds is 4. The van der Waals surface area contributed by atoms with Gasteiger partial charge in [0.15, 0.2) is 0 Å². The van der Waals surface area contributed by atoms with Crippen LogP contribution in [0.25, 0.3) is 0 Å². The van der Waals surface area contributed by atoms with Gasteiger partial charge in [-0.1, -0.05) is 11.6 Å². The first-order valence-electron chi connectivity index (χ1n) is 9.15. The minimum Gasteiger partial charge on any atom is -0.369 e. The molecule has 4 rings (SSSR count). The third-order valence-electron chi connectivity index (χ3n) is 5.09. The van der Waals surface area contributed by atoms with Gasteiger partial charge in [-0.25, -0.2) is 4.98 Å². The predicted molar refractivity (Wildman–Crippen MR) is 106 cm³/mol. The SMILES string of the molecule is O=C(c1csc(CN2CCN(c3ccc(Cl)cc3)CC2)n1)N1CCCC1. The van der Waals surface area contributed by atoms with E-state index in [2.05, 4.69) is 26.9 Å². The number of hydrogen-bond acceptors (Lipinski definition) is 5. The first kappa shape index (κ1) is 17.8. The Labute approximate surface area is 163 Å². The summed E-state index contributed by atoms with van der Waals surface area (Å²) in [5.74, 6) is 0.0950. The number of carbonyl (C=O) groups excluding carboxylic acids is 1.